The summed E-state index contributed by atoms with van der Waals surface area (Å²) in [4.78, 5) is 2.47. The molecule has 3 aliphatic rings. The quantitative estimate of drug-likeness (QED) is 0.174. The summed E-state index contributed by atoms with van der Waals surface area (Å²) in [5.74, 6) is 0. The molecule has 0 spiro atoms. The van der Waals surface area contributed by atoms with Crippen molar-refractivity contribution in [1.82, 2.24) is 0 Å². The van der Waals surface area contributed by atoms with Gasteiger partial charge in [0.2, 0.25) is 0 Å². The first-order chi connectivity index (χ1) is 25.9. The van der Waals surface area contributed by atoms with E-state index < -0.39 is 0 Å². The van der Waals surface area contributed by atoms with Crippen molar-refractivity contribution in [3.8, 4) is 44.5 Å². The van der Waals surface area contributed by atoms with Crippen LogP contribution in [0.4, 0.5) is 17.1 Å². The average Bonchev–Trinajstić information content (AvgIpc) is 3.66. The fourth-order valence-electron chi connectivity index (χ4n) is 9.98. The van der Waals surface area contributed by atoms with Crippen LogP contribution in [0.5, 0.6) is 0 Å². The van der Waals surface area contributed by atoms with Crippen molar-refractivity contribution in [3.63, 3.8) is 0 Å². The normalized spacial score (nSPS) is 15.9. The fraction of sp³-hybridized carbons (Fsp3) is 0.176. The maximum absolute atomic E-state index is 6.95. The van der Waals surface area contributed by atoms with E-state index in [1.165, 1.54) is 66.8 Å². The van der Waals surface area contributed by atoms with Crippen LogP contribution in [0.1, 0.15) is 74.9 Å². The van der Waals surface area contributed by atoms with Gasteiger partial charge in [0, 0.05) is 48.8 Å². The van der Waals surface area contributed by atoms with E-state index in [1.54, 1.807) is 0 Å². The Bertz CT molecular complexity index is 2720. The minimum Gasteiger partial charge on any atom is -0.310 e. The number of anilines is 3. The lowest BCUT2D eigenvalue weighted by molar-refractivity contribution is 0.652. The van der Waals surface area contributed by atoms with E-state index in [0.717, 1.165) is 38.2 Å². The predicted molar refractivity (Wildman–Crippen MR) is 229 cm³/mol. The van der Waals surface area contributed by atoms with Gasteiger partial charge in [-0.2, -0.15) is 0 Å². The summed E-state index contributed by atoms with van der Waals surface area (Å²) in [5.41, 5.74) is 20.5. The number of nitrogens with zero attached hydrogens (tertiary/aromatic N) is 1. The number of hydrogen-bond donors (Lipinski definition) is 0. The largest absolute Gasteiger partial charge is 0.310 e. The predicted octanol–water partition coefficient (Wildman–Crippen LogP) is 15.0. The van der Waals surface area contributed by atoms with E-state index >= 15 is 0 Å². The molecule has 3 heteroatoms. The zero-order valence-corrected chi connectivity index (χ0v) is 33.0. The van der Waals surface area contributed by atoms with Crippen molar-refractivity contribution in [3.05, 3.63) is 183 Å². The second kappa shape index (κ2) is 11.5. The molecule has 0 unspecified atom stereocenters. The highest BCUT2D eigenvalue weighted by Gasteiger charge is 2.44. The van der Waals surface area contributed by atoms with E-state index in [2.05, 4.69) is 174 Å². The monoisotopic (exact) mass is 737 g/mol. The first-order valence-electron chi connectivity index (χ1n) is 18.9. The molecule has 0 amide bonds. The van der Waals surface area contributed by atoms with Crippen LogP contribution in [0, 0.1) is 0 Å². The number of hydrogen-bond acceptors (Lipinski definition) is 1. The number of para-hydroxylation sites is 1. The molecule has 0 fully saturated rings. The molecule has 0 atom stereocenters. The zero-order chi connectivity index (χ0) is 37.3. The number of fused-ring (bicyclic) bond motifs is 9. The number of benzene rings is 7. The van der Waals surface area contributed by atoms with Crippen molar-refractivity contribution >= 4 is 40.3 Å². The van der Waals surface area contributed by atoms with Gasteiger partial charge in [-0.25, -0.2) is 0 Å². The molecule has 10 rings (SSSR count). The lowest BCUT2D eigenvalue weighted by Gasteiger charge is -2.31. The molecule has 3 aliphatic carbocycles. The first-order valence-corrected chi connectivity index (χ1v) is 19.7. The Hall–Kier alpha value is -5.08. The first kappa shape index (κ1) is 33.5. The van der Waals surface area contributed by atoms with Crippen LogP contribution in [0.15, 0.2) is 140 Å². The van der Waals surface area contributed by atoms with Crippen molar-refractivity contribution in [2.24, 2.45) is 0 Å². The van der Waals surface area contributed by atoms with Crippen molar-refractivity contribution < 1.29 is 0 Å². The maximum Gasteiger partial charge on any atom is 0.0540 e. The lowest BCUT2D eigenvalue weighted by Crippen LogP contribution is -2.18. The Morgan fingerprint density at radius 3 is 1.59 bits per heavy atom. The van der Waals surface area contributed by atoms with Crippen LogP contribution in [0.25, 0.3) is 44.5 Å². The summed E-state index contributed by atoms with van der Waals surface area (Å²) >= 11 is 13.8. The molecule has 0 radical (unpaired) electrons. The van der Waals surface area contributed by atoms with Gasteiger partial charge >= 0.3 is 0 Å². The van der Waals surface area contributed by atoms with Crippen molar-refractivity contribution in [2.75, 3.05) is 4.90 Å². The molecule has 54 heavy (non-hydrogen) atoms. The van der Waals surface area contributed by atoms with Gasteiger partial charge in [0.15, 0.2) is 0 Å². The summed E-state index contributed by atoms with van der Waals surface area (Å²) in [6, 6.07) is 51.3. The standard InChI is InChI=1S/C51H41Cl2N/c1-49(2)39-18-12-10-17-34(39)35-22-20-31(26-40(35)49)54(46-19-13-11-16-33(46)30-14-8-7-9-15-30)32-21-23-36-37-28-43-38(29-42(37)50(3,4)41(36)27-32)47-44(52)24-25-45(53)48(47)51(43,5)6/h7-29H,1-6H3. The van der Waals surface area contributed by atoms with Crippen LogP contribution < -0.4 is 4.90 Å². The Labute approximate surface area is 328 Å². The molecule has 0 saturated heterocycles. The van der Waals surface area contributed by atoms with Gasteiger partial charge in [0.25, 0.3) is 0 Å². The molecular weight excluding hydrogens is 697 g/mol. The molecule has 0 bridgehead atoms. The third-order valence-electron chi connectivity index (χ3n) is 12.8. The molecule has 0 N–H and O–H groups in total. The maximum atomic E-state index is 6.95. The Morgan fingerprint density at radius 1 is 0.389 bits per heavy atom. The molecule has 7 aromatic carbocycles. The van der Waals surface area contributed by atoms with Crippen LogP contribution in [0.3, 0.4) is 0 Å². The van der Waals surface area contributed by atoms with Crippen molar-refractivity contribution in [2.45, 2.75) is 57.8 Å². The molecule has 7 aromatic rings. The molecule has 0 saturated carbocycles. The van der Waals surface area contributed by atoms with Gasteiger partial charge < -0.3 is 4.90 Å². The summed E-state index contributed by atoms with van der Waals surface area (Å²) in [7, 11) is 0. The number of halogens is 2. The smallest absolute Gasteiger partial charge is 0.0540 e. The third-order valence-corrected chi connectivity index (χ3v) is 13.4. The van der Waals surface area contributed by atoms with Gasteiger partial charge in [-0.05, 0) is 121 Å². The van der Waals surface area contributed by atoms with Gasteiger partial charge in [0.1, 0.15) is 0 Å². The van der Waals surface area contributed by atoms with E-state index in [9.17, 15) is 0 Å². The Balaban J connectivity index is 1.17. The Morgan fingerprint density at radius 2 is 0.889 bits per heavy atom. The summed E-state index contributed by atoms with van der Waals surface area (Å²) in [5, 5.41) is 1.53. The van der Waals surface area contributed by atoms with Gasteiger partial charge in [-0.1, -0.05) is 150 Å². The highest BCUT2D eigenvalue weighted by Crippen LogP contribution is 2.59. The topological polar surface area (TPSA) is 3.24 Å². The van der Waals surface area contributed by atoms with E-state index in [0.29, 0.717) is 0 Å². The molecule has 0 aromatic heterocycles. The second-order valence-corrected chi connectivity index (χ2v) is 17.6. The summed E-state index contributed by atoms with van der Waals surface area (Å²) in [6.07, 6.45) is 0. The average molecular weight is 739 g/mol. The van der Waals surface area contributed by atoms with Crippen LogP contribution >= 0.6 is 23.2 Å². The van der Waals surface area contributed by atoms with Gasteiger partial charge in [-0.15, -0.1) is 0 Å². The lowest BCUT2D eigenvalue weighted by atomic mass is 9.79. The highest BCUT2D eigenvalue weighted by atomic mass is 35.5. The molecule has 1 nitrogen and oxygen atoms in total. The highest BCUT2D eigenvalue weighted by molar-refractivity contribution is 6.36. The van der Waals surface area contributed by atoms with Crippen LogP contribution in [-0.4, -0.2) is 0 Å². The van der Waals surface area contributed by atoms with Crippen LogP contribution in [-0.2, 0) is 16.2 Å². The summed E-state index contributed by atoms with van der Waals surface area (Å²) in [6.45, 7) is 14.0. The molecule has 264 valence electrons. The SMILES string of the molecule is CC1(C)c2ccccc2-c2ccc(N(c3ccc4c(c3)C(C)(C)c3cc5c(cc3-4)C(C)(C)c3c(Cl)ccc(Cl)c3-5)c3ccccc3-c3ccccc3)cc21. The minimum atomic E-state index is -0.270. The third kappa shape index (κ3) is 4.52. The second-order valence-electron chi connectivity index (χ2n) is 16.8. The Kier molecular flexibility index (Phi) is 7.11. The van der Waals surface area contributed by atoms with E-state index in [4.69, 9.17) is 23.2 Å². The number of rotatable bonds is 4. The molecular formula is C51H41Cl2N. The van der Waals surface area contributed by atoms with Crippen LogP contribution in [0.2, 0.25) is 10.0 Å². The molecule has 0 aliphatic heterocycles. The van der Waals surface area contributed by atoms with E-state index in [-0.39, 0.29) is 16.2 Å². The fourth-order valence-corrected chi connectivity index (χ4v) is 10.6. The van der Waals surface area contributed by atoms with Gasteiger partial charge in [-0.3, -0.25) is 0 Å². The van der Waals surface area contributed by atoms with Gasteiger partial charge in [0.05, 0.1) is 5.69 Å². The minimum absolute atomic E-state index is 0.117. The summed E-state index contributed by atoms with van der Waals surface area (Å²) < 4.78 is 0. The zero-order valence-electron chi connectivity index (χ0n) is 31.5. The van der Waals surface area contributed by atoms with E-state index in [1.807, 2.05) is 12.1 Å². The van der Waals surface area contributed by atoms with Crippen molar-refractivity contribution in [1.29, 1.82) is 0 Å². The molecule has 0 heterocycles.